The molecule has 0 bridgehead atoms. The van der Waals surface area contributed by atoms with Crippen molar-refractivity contribution >= 4 is 34.9 Å². The molecular weight excluding hydrogens is 495 g/mol. The maximum Gasteiger partial charge on any atom is 0.254 e. The number of piperidine rings is 1. The van der Waals surface area contributed by atoms with Gasteiger partial charge in [0.25, 0.3) is 5.91 Å². The van der Waals surface area contributed by atoms with E-state index in [-0.39, 0.29) is 17.7 Å². The minimum atomic E-state index is -0.475. The van der Waals surface area contributed by atoms with Crippen LogP contribution in [0.2, 0.25) is 5.02 Å². The van der Waals surface area contributed by atoms with E-state index in [0.29, 0.717) is 46.8 Å². The van der Waals surface area contributed by atoms with Crippen molar-refractivity contribution in [3.05, 3.63) is 70.3 Å². The molecule has 2 aromatic carbocycles. The van der Waals surface area contributed by atoms with E-state index in [2.05, 4.69) is 15.3 Å². The fourth-order valence-electron chi connectivity index (χ4n) is 5.05. The third-order valence-corrected chi connectivity index (χ3v) is 7.55. The second-order valence-corrected chi connectivity index (χ2v) is 9.90. The Morgan fingerprint density at radius 2 is 2.05 bits per heavy atom. The molecule has 0 aliphatic carbocycles. The van der Waals surface area contributed by atoms with E-state index in [0.717, 1.165) is 37.2 Å². The molecule has 1 saturated heterocycles. The zero-order chi connectivity index (χ0) is 26.1. The molecule has 1 atom stereocenters. The topological polar surface area (TPSA) is 95.5 Å². The minimum Gasteiger partial charge on any atom is -0.494 e. The minimum absolute atomic E-state index is 0.0512. The van der Waals surface area contributed by atoms with Gasteiger partial charge in [-0.15, -0.1) is 0 Å². The van der Waals surface area contributed by atoms with E-state index >= 15 is 0 Å². The number of nitrogens with one attached hydrogen (secondary N) is 1. The van der Waals surface area contributed by atoms with E-state index in [1.54, 1.807) is 12.4 Å². The smallest absolute Gasteiger partial charge is 0.254 e. The van der Waals surface area contributed by atoms with Crippen molar-refractivity contribution in [2.75, 3.05) is 38.6 Å². The van der Waals surface area contributed by atoms with Crippen molar-refractivity contribution in [1.29, 1.82) is 0 Å². The number of fused-ring (bicyclic) bond motifs is 1. The van der Waals surface area contributed by atoms with Gasteiger partial charge in [0.1, 0.15) is 0 Å². The molecule has 194 valence electrons. The Hall–Kier alpha value is -3.43. The van der Waals surface area contributed by atoms with Crippen molar-refractivity contribution in [2.45, 2.75) is 25.8 Å². The summed E-state index contributed by atoms with van der Waals surface area (Å²) in [6, 6.07) is 8.28. The lowest BCUT2D eigenvalue weighted by Gasteiger charge is -2.32. The molecule has 0 saturated carbocycles. The number of ether oxygens (including phenoxy) is 1. The summed E-state index contributed by atoms with van der Waals surface area (Å²) in [7, 11) is 1.40. The molecule has 5 rings (SSSR count). The number of halogens is 2. The average Bonchev–Trinajstić information content (AvgIpc) is 3.34. The summed E-state index contributed by atoms with van der Waals surface area (Å²) >= 11 is 6.46. The number of anilines is 1. The first-order valence-electron chi connectivity index (χ1n) is 12.4. The molecule has 0 radical (unpaired) electrons. The van der Waals surface area contributed by atoms with Crippen LogP contribution in [0.3, 0.4) is 0 Å². The summed E-state index contributed by atoms with van der Waals surface area (Å²) in [6.45, 7) is 4.49. The molecule has 1 amide bonds. The van der Waals surface area contributed by atoms with Gasteiger partial charge in [0.2, 0.25) is 0 Å². The normalized spacial score (nSPS) is 19.4. The monoisotopic (exact) mass is 524 g/mol. The number of benzene rings is 2. The third kappa shape index (κ3) is 4.93. The van der Waals surface area contributed by atoms with Gasteiger partial charge < -0.3 is 25.6 Å². The molecule has 3 aliphatic rings. The number of hydrogen-bond acceptors (Lipinski definition) is 7. The first-order chi connectivity index (χ1) is 17.9. The van der Waals surface area contributed by atoms with E-state index in [1.807, 2.05) is 34.9 Å². The largest absolute Gasteiger partial charge is 0.494 e. The highest BCUT2D eigenvalue weighted by atomic mass is 35.5. The molecule has 3 aliphatic heterocycles. The van der Waals surface area contributed by atoms with Gasteiger partial charge in [-0.25, -0.2) is 9.38 Å². The Balaban J connectivity index is 1.29. The number of nitrogens with two attached hydrogens (primary N) is 1. The standard InChI is InChI=1S/C27H30ClFN6O2/c1-16-11-18(3-4-19(16)27(36)34-8-5-17(14-30)6-9-34)33-25-26-32-15-23(35(26)10-7-31-25)20-12-22(29)24(37-2)13-21(20)28/h3-4,7,10-13,17,23H,5-6,8-9,14-15,30H2,1-2H3,(H,31,33). The molecule has 2 aromatic rings. The van der Waals surface area contributed by atoms with Crippen LogP contribution in [0.15, 0.2) is 52.7 Å². The van der Waals surface area contributed by atoms with Crippen molar-refractivity contribution in [3.8, 4) is 5.75 Å². The molecule has 8 nitrogen and oxygen atoms in total. The highest BCUT2D eigenvalue weighted by molar-refractivity contribution is 6.45. The molecule has 1 fully saturated rings. The van der Waals surface area contributed by atoms with Crippen LogP contribution in [0.4, 0.5) is 10.1 Å². The van der Waals surface area contributed by atoms with Crippen LogP contribution in [0.25, 0.3) is 0 Å². The molecule has 0 aromatic heterocycles. The molecule has 10 heteroatoms. The lowest BCUT2D eigenvalue weighted by atomic mass is 9.96. The van der Waals surface area contributed by atoms with Crippen LogP contribution in [0.1, 0.15) is 40.4 Å². The van der Waals surface area contributed by atoms with Gasteiger partial charge in [0.05, 0.1) is 19.7 Å². The zero-order valence-corrected chi connectivity index (χ0v) is 21.6. The predicted octanol–water partition coefficient (Wildman–Crippen LogP) is 4.36. The van der Waals surface area contributed by atoms with Crippen LogP contribution in [-0.4, -0.2) is 60.7 Å². The molecular formula is C27H30ClFN6O2. The van der Waals surface area contributed by atoms with Gasteiger partial charge in [0.15, 0.2) is 23.2 Å². The SMILES string of the molecule is COc1cc(Cl)c(C2CN=C3C(Nc4ccc(C(=O)N5CCC(CN)CC5)c(C)c4)=NC=CN32)cc1F. The van der Waals surface area contributed by atoms with Crippen molar-refractivity contribution in [1.82, 2.24) is 9.80 Å². The van der Waals surface area contributed by atoms with Gasteiger partial charge in [-0.1, -0.05) is 11.6 Å². The fourth-order valence-corrected chi connectivity index (χ4v) is 5.33. The average molecular weight is 525 g/mol. The number of nitrogens with zero attached hydrogens (tertiary/aromatic N) is 4. The number of hydrogen-bond donors (Lipinski definition) is 2. The van der Waals surface area contributed by atoms with Gasteiger partial charge in [-0.3, -0.25) is 9.79 Å². The molecule has 37 heavy (non-hydrogen) atoms. The van der Waals surface area contributed by atoms with Gasteiger partial charge in [-0.2, -0.15) is 0 Å². The number of aryl methyl sites for hydroxylation is 1. The number of aliphatic imine (C=N–C) groups is 2. The van der Waals surface area contributed by atoms with E-state index < -0.39 is 5.82 Å². The first kappa shape index (κ1) is 25.2. The lowest BCUT2D eigenvalue weighted by Crippen LogP contribution is -2.40. The summed E-state index contributed by atoms with van der Waals surface area (Å²) in [5.74, 6) is 1.38. The Kier molecular flexibility index (Phi) is 7.17. The van der Waals surface area contributed by atoms with E-state index in [4.69, 9.17) is 22.1 Å². The fraction of sp³-hybridized carbons (Fsp3) is 0.370. The molecule has 0 spiro atoms. The maximum absolute atomic E-state index is 14.4. The Morgan fingerprint density at radius 1 is 1.27 bits per heavy atom. The van der Waals surface area contributed by atoms with Crippen LogP contribution in [0.5, 0.6) is 5.75 Å². The summed E-state index contributed by atoms with van der Waals surface area (Å²) in [5, 5.41) is 3.74. The number of rotatable bonds is 5. The number of methoxy groups -OCH3 is 1. The predicted molar refractivity (Wildman–Crippen MR) is 144 cm³/mol. The number of likely N-dealkylation sites (tertiary alicyclic amines) is 1. The summed E-state index contributed by atoms with van der Waals surface area (Å²) in [5.41, 5.74) is 8.78. The zero-order valence-electron chi connectivity index (χ0n) is 20.9. The number of carbonyl (C=O) groups is 1. The van der Waals surface area contributed by atoms with Crippen LogP contribution < -0.4 is 15.8 Å². The van der Waals surface area contributed by atoms with E-state index in [9.17, 15) is 9.18 Å². The lowest BCUT2D eigenvalue weighted by molar-refractivity contribution is 0.0692. The van der Waals surface area contributed by atoms with Gasteiger partial charge in [-0.05, 0) is 67.6 Å². The van der Waals surface area contributed by atoms with Crippen molar-refractivity contribution in [2.24, 2.45) is 21.6 Å². The quantitative estimate of drug-likeness (QED) is 0.606. The van der Waals surface area contributed by atoms with Crippen LogP contribution in [-0.2, 0) is 0 Å². The number of amidine groups is 2. The highest BCUT2D eigenvalue weighted by Crippen LogP contribution is 2.36. The summed E-state index contributed by atoms with van der Waals surface area (Å²) < 4.78 is 19.5. The number of carbonyl (C=O) groups excluding carboxylic acids is 1. The Morgan fingerprint density at radius 3 is 2.76 bits per heavy atom. The Labute approximate surface area is 220 Å². The highest BCUT2D eigenvalue weighted by Gasteiger charge is 2.34. The van der Waals surface area contributed by atoms with Crippen LogP contribution in [0, 0.1) is 18.7 Å². The second kappa shape index (κ2) is 10.5. The summed E-state index contributed by atoms with van der Waals surface area (Å²) in [4.78, 5) is 26.1. The molecule has 1 unspecified atom stereocenters. The summed E-state index contributed by atoms with van der Waals surface area (Å²) in [6.07, 6.45) is 5.37. The number of amides is 1. The Bertz CT molecular complexity index is 1300. The van der Waals surface area contributed by atoms with Gasteiger partial charge >= 0.3 is 0 Å². The second-order valence-electron chi connectivity index (χ2n) is 9.50. The van der Waals surface area contributed by atoms with Crippen LogP contribution >= 0.6 is 11.6 Å². The molecule has 3 N–H and O–H groups in total. The maximum atomic E-state index is 14.4. The molecule has 3 heterocycles. The third-order valence-electron chi connectivity index (χ3n) is 7.22. The first-order valence-corrected chi connectivity index (χ1v) is 12.7. The van der Waals surface area contributed by atoms with Crippen molar-refractivity contribution in [3.63, 3.8) is 0 Å². The van der Waals surface area contributed by atoms with Gasteiger partial charge in [0, 0.05) is 47.8 Å². The van der Waals surface area contributed by atoms with Crippen molar-refractivity contribution < 1.29 is 13.9 Å². The van der Waals surface area contributed by atoms with E-state index in [1.165, 1.54) is 19.2 Å².